The predicted octanol–water partition coefficient (Wildman–Crippen LogP) is 1.95. The van der Waals surface area contributed by atoms with Crippen molar-refractivity contribution >= 4 is 5.91 Å². The minimum Gasteiger partial charge on any atom is -0.355 e. The van der Waals surface area contributed by atoms with E-state index < -0.39 is 0 Å². The summed E-state index contributed by atoms with van der Waals surface area (Å²) in [6.07, 6.45) is 4.23. The number of carbonyl (C=O) groups excluding carboxylic acids is 1. The van der Waals surface area contributed by atoms with Crippen molar-refractivity contribution in [1.29, 1.82) is 0 Å². The predicted molar refractivity (Wildman–Crippen MR) is 57.6 cm³/mol. The lowest BCUT2D eigenvalue weighted by molar-refractivity contribution is -0.125. The summed E-state index contributed by atoms with van der Waals surface area (Å²) >= 11 is 0. The molecular formula is C12H19NO. The SMILES string of the molecule is CC#CCCNC(=O)C1CCCC1C. The average molecular weight is 193 g/mol. The fraction of sp³-hybridized carbons (Fsp3) is 0.750. The first kappa shape index (κ1) is 11.1. The van der Waals surface area contributed by atoms with Crippen molar-refractivity contribution in [1.82, 2.24) is 5.32 Å². The molecule has 1 aliphatic rings. The van der Waals surface area contributed by atoms with E-state index in [-0.39, 0.29) is 11.8 Å². The van der Waals surface area contributed by atoms with Gasteiger partial charge in [-0.15, -0.1) is 11.8 Å². The molecule has 1 rings (SSSR count). The minimum absolute atomic E-state index is 0.230. The van der Waals surface area contributed by atoms with E-state index in [1.165, 1.54) is 12.8 Å². The molecule has 1 amide bonds. The van der Waals surface area contributed by atoms with Crippen molar-refractivity contribution in [2.45, 2.75) is 39.5 Å². The Hall–Kier alpha value is -0.970. The van der Waals surface area contributed by atoms with Gasteiger partial charge in [-0.2, -0.15) is 0 Å². The number of hydrogen-bond acceptors (Lipinski definition) is 1. The van der Waals surface area contributed by atoms with Crippen LogP contribution in [-0.2, 0) is 4.79 Å². The van der Waals surface area contributed by atoms with Crippen LogP contribution in [0.15, 0.2) is 0 Å². The van der Waals surface area contributed by atoms with Crippen molar-refractivity contribution < 1.29 is 4.79 Å². The van der Waals surface area contributed by atoms with Crippen LogP contribution < -0.4 is 5.32 Å². The molecule has 0 aromatic rings. The summed E-state index contributed by atoms with van der Waals surface area (Å²) in [4.78, 5) is 11.7. The highest BCUT2D eigenvalue weighted by atomic mass is 16.1. The molecule has 78 valence electrons. The van der Waals surface area contributed by atoms with Gasteiger partial charge in [0.25, 0.3) is 0 Å². The molecule has 0 heterocycles. The first-order valence-corrected chi connectivity index (χ1v) is 5.43. The molecular weight excluding hydrogens is 174 g/mol. The molecule has 1 saturated carbocycles. The van der Waals surface area contributed by atoms with Crippen molar-refractivity contribution in [2.24, 2.45) is 11.8 Å². The van der Waals surface area contributed by atoms with Gasteiger partial charge in [0.05, 0.1) is 0 Å². The molecule has 0 aliphatic heterocycles. The van der Waals surface area contributed by atoms with Gasteiger partial charge in [-0.1, -0.05) is 13.3 Å². The Balaban J connectivity index is 2.23. The van der Waals surface area contributed by atoms with Crippen molar-refractivity contribution in [3.63, 3.8) is 0 Å². The molecule has 1 fully saturated rings. The Kier molecular flexibility index (Phi) is 4.52. The largest absolute Gasteiger partial charge is 0.355 e. The smallest absolute Gasteiger partial charge is 0.223 e. The van der Waals surface area contributed by atoms with Crippen LogP contribution in [0.5, 0.6) is 0 Å². The molecule has 2 nitrogen and oxygen atoms in total. The number of hydrogen-bond donors (Lipinski definition) is 1. The van der Waals surface area contributed by atoms with Crippen molar-refractivity contribution in [2.75, 3.05) is 6.54 Å². The molecule has 14 heavy (non-hydrogen) atoms. The second-order valence-corrected chi connectivity index (χ2v) is 3.98. The van der Waals surface area contributed by atoms with Crippen LogP contribution in [0.1, 0.15) is 39.5 Å². The maximum atomic E-state index is 11.7. The van der Waals surface area contributed by atoms with Crippen LogP contribution in [0.3, 0.4) is 0 Å². The number of carbonyl (C=O) groups is 1. The van der Waals surface area contributed by atoms with E-state index in [2.05, 4.69) is 24.1 Å². The van der Waals surface area contributed by atoms with Gasteiger partial charge >= 0.3 is 0 Å². The lowest BCUT2D eigenvalue weighted by Crippen LogP contribution is -2.32. The van der Waals surface area contributed by atoms with Gasteiger partial charge in [-0.05, 0) is 25.7 Å². The number of nitrogens with one attached hydrogen (secondary N) is 1. The highest BCUT2D eigenvalue weighted by molar-refractivity contribution is 5.79. The zero-order chi connectivity index (χ0) is 10.4. The van der Waals surface area contributed by atoms with Crippen LogP contribution in [0.2, 0.25) is 0 Å². The lowest BCUT2D eigenvalue weighted by atomic mass is 9.97. The van der Waals surface area contributed by atoms with Gasteiger partial charge in [0, 0.05) is 18.9 Å². The first-order chi connectivity index (χ1) is 6.75. The fourth-order valence-corrected chi connectivity index (χ4v) is 2.04. The summed E-state index contributed by atoms with van der Waals surface area (Å²) in [6.45, 7) is 4.69. The molecule has 1 N–H and O–H groups in total. The Labute approximate surface area is 86.5 Å². The Bertz CT molecular complexity index is 249. The van der Waals surface area contributed by atoms with Crippen LogP contribution in [0.25, 0.3) is 0 Å². The lowest BCUT2D eigenvalue weighted by Gasteiger charge is -2.14. The maximum Gasteiger partial charge on any atom is 0.223 e. The Morgan fingerprint density at radius 3 is 2.86 bits per heavy atom. The monoisotopic (exact) mass is 193 g/mol. The van der Waals surface area contributed by atoms with E-state index in [9.17, 15) is 4.79 Å². The number of amides is 1. The van der Waals surface area contributed by atoms with Gasteiger partial charge in [0.1, 0.15) is 0 Å². The van der Waals surface area contributed by atoms with Crippen LogP contribution in [0.4, 0.5) is 0 Å². The third-order valence-electron chi connectivity index (χ3n) is 2.92. The van der Waals surface area contributed by atoms with Crippen LogP contribution >= 0.6 is 0 Å². The highest BCUT2D eigenvalue weighted by Gasteiger charge is 2.28. The summed E-state index contributed by atoms with van der Waals surface area (Å²) in [5, 5.41) is 2.95. The van der Waals surface area contributed by atoms with Crippen molar-refractivity contribution in [3.8, 4) is 11.8 Å². The third kappa shape index (κ3) is 3.06. The van der Waals surface area contributed by atoms with E-state index >= 15 is 0 Å². The van der Waals surface area contributed by atoms with E-state index in [1.807, 2.05) is 6.92 Å². The van der Waals surface area contributed by atoms with E-state index in [0.717, 1.165) is 12.8 Å². The molecule has 0 radical (unpaired) electrons. The minimum atomic E-state index is 0.230. The van der Waals surface area contributed by atoms with Crippen LogP contribution in [0, 0.1) is 23.7 Å². The fourth-order valence-electron chi connectivity index (χ4n) is 2.04. The van der Waals surface area contributed by atoms with Gasteiger partial charge in [-0.25, -0.2) is 0 Å². The first-order valence-electron chi connectivity index (χ1n) is 5.43. The summed E-state index contributed by atoms with van der Waals surface area (Å²) in [6, 6.07) is 0. The average Bonchev–Trinajstić information content (AvgIpc) is 2.59. The summed E-state index contributed by atoms with van der Waals surface area (Å²) < 4.78 is 0. The van der Waals surface area contributed by atoms with E-state index in [1.54, 1.807) is 0 Å². The third-order valence-corrected chi connectivity index (χ3v) is 2.92. The Morgan fingerprint density at radius 2 is 2.29 bits per heavy atom. The molecule has 0 saturated heterocycles. The zero-order valence-corrected chi connectivity index (χ0v) is 9.10. The maximum absolute atomic E-state index is 11.7. The second-order valence-electron chi connectivity index (χ2n) is 3.98. The highest BCUT2D eigenvalue weighted by Crippen LogP contribution is 2.30. The Morgan fingerprint density at radius 1 is 1.50 bits per heavy atom. The summed E-state index contributed by atoms with van der Waals surface area (Å²) in [5.74, 6) is 6.81. The molecule has 1 aliphatic carbocycles. The van der Waals surface area contributed by atoms with Gasteiger partial charge in [-0.3, -0.25) is 4.79 Å². The molecule has 2 atom stereocenters. The van der Waals surface area contributed by atoms with E-state index in [4.69, 9.17) is 0 Å². The number of rotatable bonds is 3. The van der Waals surface area contributed by atoms with Gasteiger partial charge in [0.15, 0.2) is 0 Å². The van der Waals surface area contributed by atoms with Crippen molar-refractivity contribution in [3.05, 3.63) is 0 Å². The summed E-state index contributed by atoms with van der Waals surface area (Å²) in [7, 11) is 0. The molecule has 2 unspecified atom stereocenters. The second kappa shape index (κ2) is 5.70. The quantitative estimate of drug-likeness (QED) is 0.538. The molecule has 0 aromatic carbocycles. The normalized spacial score (nSPS) is 25.3. The molecule has 0 bridgehead atoms. The topological polar surface area (TPSA) is 29.1 Å². The molecule has 0 aromatic heterocycles. The van der Waals surface area contributed by atoms with E-state index in [0.29, 0.717) is 12.5 Å². The zero-order valence-electron chi connectivity index (χ0n) is 9.10. The van der Waals surface area contributed by atoms with Gasteiger partial charge in [0.2, 0.25) is 5.91 Å². The van der Waals surface area contributed by atoms with Crippen LogP contribution in [-0.4, -0.2) is 12.5 Å². The molecule has 0 spiro atoms. The summed E-state index contributed by atoms with van der Waals surface area (Å²) in [5.41, 5.74) is 0. The van der Waals surface area contributed by atoms with Gasteiger partial charge < -0.3 is 5.32 Å². The standard InChI is InChI=1S/C12H19NO/c1-3-4-5-9-13-12(14)11-8-6-7-10(11)2/h10-11H,5-9H2,1-2H3,(H,13,14). The molecule has 2 heteroatoms.